The zero-order valence-electron chi connectivity index (χ0n) is 9.88. The van der Waals surface area contributed by atoms with Gasteiger partial charge in [0.05, 0.1) is 6.54 Å². The van der Waals surface area contributed by atoms with Gasteiger partial charge >= 0.3 is 0 Å². The van der Waals surface area contributed by atoms with Crippen LogP contribution in [0.3, 0.4) is 0 Å². The van der Waals surface area contributed by atoms with Crippen molar-refractivity contribution in [3.8, 4) is 0 Å². The molecule has 0 atom stereocenters. The van der Waals surface area contributed by atoms with E-state index in [-0.39, 0.29) is 29.7 Å². The summed E-state index contributed by atoms with van der Waals surface area (Å²) in [5.74, 6) is -0.0109. The fourth-order valence-corrected chi connectivity index (χ4v) is 3.29. The third kappa shape index (κ3) is 2.29. The molecule has 0 radical (unpaired) electrons. The van der Waals surface area contributed by atoms with Crippen molar-refractivity contribution in [1.29, 1.82) is 0 Å². The lowest BCUT2D eigenvalue weighted by Crippen LogP contribution is -2.49. The first-order chi connectivity index (χ1) is 8.55. The smallest absolute Gasteiger partial charge is 0.247 e. The van der Waals surface area contributed by atoms with Gasteiger partial charge in [-0.2, -0.15) is 4.31 Å². The predicted octanol–water partition coefficient (Wildman–Crippen LogP) is -0.756. The van der Waals surface area contributed by atoms with E-state index in [4.69, 9.17) is 0 Å². The SMILES string of the molecule is CNc1ncccc1S(=O)(=O)N1CCNC(=O)C1. The highest BCUT2D eigenvalue weighted by atomic mass is 32.2. The average Bonchev–Trinajstić information content (AvgIpc) is 2.38. The minimum Gasteiger partial charge on any atom is -0.372 e. The van der Waals surface area contributed by atoms with E-state index in [9.17, 15) is 13.2 Å². The van der Waals surface area contributed by atoms with E-state index in [2.05, 4.69) is 15.6 Å². The summed E-state index contributed by atoms with van der Waals surface area (Å²) in [5.41, 5.74) is 0. The molecule has 0 aromatic carbocycles. The number of carbonyl (C=O) groups is 1. The summed E-state index contributed by atoms with van der Waals surface area (Å²) in [6, 6.07) is 3.03. The minimum atomic E-state index is -3.69. The molecule has 18 heavy (non-hydrogen) atoms. The molecule has 1 aromatic rings. The van der Waals surface area contributed by atoms with E-state index in [1.54, 1.807) is 13.1 Å². The molecule has 98 valence electrons. The summed E-state index contributed by atoms with van der Waals surface area (Å²) in [7, 11) is -2.09. The zero-order valence-corrected chi connectivity index (χ0v) is 10.7. The van der Waals surface area contributed by atoms with Crippen LogP contribution in [0.2, 0.25) is 0 Å². The number of nitrogens with zero attached hydrogens (tertiary/aromatic N) is 2. The Morgan fingerprint density at radius 1 is 1.50 bits per heavy atom. The quantitative estimate of drug-likeness (QED) is 0.753. The second-order valence-electron chi connectivity index (χ2n) is 3.79. The van der Waals surface area contributed by atoms with Crippen LogP contribution in [0.4, 0.5) is 5.82 Å². The Labute approximate surface area is 105 Å². The summed E-state index contributed by atoms with van der Waals surface area (Å²) in [5, 5.41) is 5.32. The van der Waals surface area contributed by atoms with Crippen LogP contribution in [-0.4, -0.2) is 50.3 Å². The molecule has 0 spiro atoms. The second-order valence-corrected chi connectivity index (χ2v) is 5.70. The third-order valence-electron chi connectivity index (χ3n) is 2.63. The number of rotatable bonds is 3. The lowest BCUT2D eigenvalue weighted by atomic mass is 10.4. The molecule has 8 heteroatoms. The Hall–Kier alpha value is -1.67. The fraction of sp³-hybridized carbons (Fsp3) is 0.400. The highest BCUT2D eigenvalue weighted by molar-refractivity contribution is 7.89. The summed E-state index contributed by atoms with van der Waals surface area (Å²) in [6.07, 6.45) is 1.51. The first-order valence-electron chi connectivity index (χ1n) is 5.45. The van der Waals surface area contributed by atoms with Gasteiger partial charge in [0.15, 0.2) is 0 Å². The van der Waals surface area contributed by atoms with Gasteiger partial charge in [-0.25, -0.2) is 13.4 Å². The summed E-state index contributed by atoms with van der Waals surface area (Å²) < 4.78 is 25.9. The molecule has 1 aliphatic heterocycles. The topological polar surface area (TPSA) is 91.4 Å². The highest BCUT2D eigenvalue weighted by Crippen LogP contribution is 2.22. The van der Waals surface area contributed by atoms with Crippen molar-refractivity contribution in [2.24, 2.45) is 0 Å². The Bertz CT molecular complexity index is 558. The zero-order chi connectivity index (χ0) is 13.2. The molecule has 7 nitrogen and oxygen atoms in total. The number of hydrogen-bond acceptors (Lipinski definition) is 5. The number of pyridine rings is 1. The maximum Gasteiger partial charge on any atom is 0.247 e. The molecular formula is C10H14N4O3S. The average molecular weight is 270 g/mol. The largest absolute Gasteiger partial charge is 0.372 e. The molecule has 1 aromatic heterocycles. The number of nitrogens with one attached hydrogen (secondary N) is 2. The normalized spacial score (nSPS) is 17.3. The monoisotopic (exact) mass is 270 g/mol. The van der Waals surface area contributed by atoms with Gasteiger partial charge in [0, 0.05) is 26.3 Å². The molecule has 1 aliphatic rings. The number of piperazine rings is 1. The molecule has 1 amide bonds. The first kappa shape index (κ1) is 12.8. The van der Waals surface area contributed by atoms with E-state index in [1.165, 1.54) is 12.3 Å². The van der Waals surface area contributed by atoms with Crippen LogP contribution in [-0.2, 0) is 14.8 Å². The molecular weight excluding hydrogens is 256 g/mol. The lowest BCUT2D eigenvalue weighted by molar-refractivity contribution is -0.122. The molecule has 1 fully saturated rings. The molecule has 0 aliphatic carbocycles. The summed E-state index contributed by atoms with van der Waals surface area (Å²) in [4.78, 5) is 15.3. The molecule has 0 bridgehead atoms. The van der Waals surface area contributed by atoms with Gasteiger partial charge in [-0.3, -0.25) is 4.79 Å². The van der Waals surface area contributed by atoms with Crippen molar-refractivity contribution in [2.75, 3.05) is 32.0 Å². The van der Waals surface area contributed by atoms with Gasteiger partial charge in [0.1, 0.15) is 10.7 Å². The maximum absolute atomic E-state index is 12.4. The van der Waals surface area contributed by atoms with E-state index >= 15 is 0 Å². The molecule has 0 saturated carbocycles. The Balaban J connectivity index is 2.38. The number of carbonyl (C=O) groups excluding carboxylic acids is 1. The fourth-order valence-electron chi connectivity index (χ4n) is 1.75. The Morgan fingerprint density at radius 2 is 2.28 bits per heavy atom. The van der Waals surface area contributed by atoms with Crippen LogP contribution < -0.4 is 10.6 Å². The van der Waals surface area contributed by atoms with E-state index in [1.807, 2.05) is 0 Å². The Morgan fingerprint density at radius 3 is 2.94 bits per heavy atom. The number of aromatic nitrogens is 1. The van der Waals surface area contributed by atoms with Crippen LogP contribution in [0.5, 0.6) is 0 Å². The second kappa shape index (κ2) is 4.91. The highest BCUT2D eigenvalue weighted by Gasteiger charge is 2.31. The van der Waals surface area contributed by atoms with Gasteiger partial charge in [-0.15, -0.1) is 0 Å². The van der Waals surface area contributed by atoms with Crippen molar-refractivity contribution in [3.63, 3.8) is 0 Å². The standard InChI is InChI=1S/C10H14N4O3S/c1-11-10-8(3-2-4-13-10)18(16,17)14-6-5-12-9(15)7-14/h2-4H,5-7H2,1H3,(H,11,13)(H,12,15). The van der Waals surface area contributed by atoms with Crippen molar-refractivity contribution in [3.05, 3.63) is 18.3 Å². The number of amides is 1. The van der Waals surface area contributed by atoms with Gasteiger partial charge in [-0.05, 0) is 12.1 Å². The summed E-state index contributed by atoms with van der Waals surface area (Å²) in [6.45, 7) is 0.444. The van der Waals surface area contributed by atoms with E-state index < -0.39 is 10.0 Å². The number of anilines is 1. The van der Waals surface area contributed by atoms with Crippen LogP contribution in [0.1, 0.15) is 0 Å². The first-order valence-corrected chi connectivity index (χ1v) is 6.89. The summed E-state index contributed by atoms with van der Waals surface area (Å²) >= 11 is 0. The molecule has 1 saturated heterocycles. The van der Waals surface area contributed by atoms with Crippen molar-refractivity contribution in [1.82, 2.24) is 14.6 Å². The minimum absolute atomic E-state index is 0.0854. The van der Waals surface area contributed by atoms with Gasteiger partial charge < -0.3 is 10.6 Å². The van der Waals surface area contributed by atoms with Crippen LogP contribution in [0.15, 0.2) is 23.2 Å². The Kier molecular flexibility index (Phi) is 3.48. The van der Waals surface area contributed by atoms with Gasteiger partial charge in [-0.1, -0.05) is 0 Å². The lowest BCUT2D eigenvalue weighted by Gasteiger charge is -2.26. The van der Waals surface area contributed by atoms with Crippen molar-refractivity contribution in [2.45, 2.75) is 4.90 Å². The molecule has 0 unspecified atom stereocenters. The van der Waals surface area contributed by atoms with Crippen LogP contribution in [0, 0.1) is 0 Å². The van der Waals surface area contributed by atoms with Gasteiger partial charge in [0.25, 0.3) is 0 Å². The van der Waals surface area contributed by atoms with Crippen molar-refractivity contribution >= 4 is 21.7 Å². The van der Waals surface area contributed by atoms with E-state index in [0.717, 1.165) is 4.31 Å². The third-order valence-corrected chi connectivity index (χ3v) is 4.51. The maximum atomic E-state index is 12.4. The number of hydrogen-bond donors (Lipinski definition) is 2. The van der Waals surface area contributed by atoms with Gasteiger partial charge in [0.2, 0.25) is 15.9 Å². The van der Waals surface area contributed by atoms with Crippen molar-refractivity contribution < 1.29 is 13.2 Å². The molecule has 2 heterocycles. The number of sulfonamides is 1. The van der Waals surface area contributed by atoms with E-state index in [0.29, 0.717) is 6.54 Å². The predicted molar refractivity (Wildman–Crippen MR) is 65.6 cm³/mol. The van der Waals surface area contributed by atoms with Crippen LogP contribution >= 0.6 is 0 Å². The molecule has 2 N–H and O–H groups in total. The molecule has 2 rings (SSSR count). The van der Waals surface area contributed by atoms with Crippen LogP contribution in [0.25, 0.3) is 0 Å².